The van der Waals surface area contributed by atoms with Crippen LogP contribution in [0.1, 0.15) is 25.0 Å². The van der Waals surface area contributed by atoms with Crippen LogP contribution in [0.25, 0.3) is 0 Å². The first-order valence-electron chi connectivity index (χ1n) is 7.87. The number of hydrogen-bond donors (Lipinski definition) is 1. The van der Waals surface area contributed by atoms with Crippen molar-refractivity contribution in [1.29, 1.82) is 5.26 Å². The fourth-order valence-electron chi connectivity index (χ4n) is 2.93. The highest BCUT2D eigenvalue weighted by Crippen LogP contribution is 2.40. The van der Waals surface area contributed by atoms with Gasteiger partial charge in [-0.25, -0.2) is 0 Å². The van der Waals surface area contributed by atoms with Crippen LogP contribution in [-0.4, -0.2) is 12.6 Å². The Kier molecular flexibility index (Phi) is 4.12. The van der Waals surface area contributed by atoms with E-state index in [1.54, 1.807) is 0 Å². The summed E-state index contributed by atoms with van der Waals surface area (Å²) in [6, 6.07) is 15.7. The zero-order valence-electron chi connectivity index (χ0n) is 13.5. The highest BCUT2D eigenvalue weighted by molar-refractivity contribution is 5.75. The van der Waals surface area contributed by atoms with Crippen molar-refractivity contribution in [3.05, 3.63) is 53.6 Å². The minimum Gasteiger partial charge on any atom is -0.486 e. The number of rotatable bonds is 3. The molecule has 0 aromatic heterocycles. The molecular formula is C19H21N3O. The third-order valence-corrected chi connectivity index (χ3v) is 4.20. The minimum absolute atomic E-state index is 0.128. The first-order chi connectivity index (χ1) is 11.1. The van der Waals surface area contributed by atoms with Crippen LogP contribution in [-0.2, 0) is 6.54 Å². The van der Waals surface area contributed by atoms with Gasteiger partial charge in [-0.2, -0.15) is 5.26 Å². The van der Waals surface area contributed by atoms with Crippen molar-refractivity contribution in [3.63, 3.8) is 0 Å². The number of nitrogen functional groups attached to an aromatic ring is 1. The van der Waals surface area contributed by atoms with Crippen molar-refractivity contribution in [2.45, 2.75) is 26.5 Å². The van der Waals surface area contributed by atoms with E-state index in [0.717, 1.165) is 29.2 Å². The summed E-state index contributed by atoms with van der Waals surface area (Å²) in [5, 5.41) is 9.08. The molecule has 0 bridgehead atoms. The molecule has 2 aromatic carbocycles. The molecule has 4 heteroatoms. The lowest BCUT2D eigenvalue weighted by molar-refractivity contribution is 0.145. The van der Waals surface area contributed by atoms with Crippen LogP contribution in [0, 0.1) is 17.2 Å². The molecule has 1 heterocycles. The second kappa shape index (κ2) is 6.21. The second-order valence-electron chi connectivity index (χ2n) is 6.29. The lowest BCUT2D eigenvalue weighted by atomic mass is 10.0. The fourth-order valence-corrected chi connectivity index (χ4v) is 2.93. The van der Waals surface area contributed by atoms with Crippen molar-refractivity contribution in [2.24, 2.45) is 5.92 Å². The van der Waals surface area contributed by atoms with Crippen LogP contribution in [0.15, 0.2) is 42.5 Å². The molecule has 0 saturated carbocycles. The van der Waals surface area contributed by atoms with E-state index in [-0.39, 0.29) is 6.10 Å². The van der Waals surface area contributed by atoms with Gasteiger partial charge < -0.3 is 15.4 Å². The average molecular weight is 307 g/mol. The minimum atomic E-state index is 0.128. The first-order valence-corrected chi connectivity index (χ1v) is 7.87. The van der Waals surface area contributed by atoms with E-state index in [0.29, 0.717) is 18.0 Å². The quantitative estimate of drug-likeness (QED) is 0.881. The van der Waals surface area contributed by atoms with Crippen LogP contribution in [0.4, 0.5) is 11.4 Å². The lowest BCUT2D eigenvalue weighted by Gasteiger charge is -2.38. The lowest BCUT2D eigenvalue weighted by Crippen LogP contribution is -2.42. The topological polar surface area (TPSA) is 62.3 Å². The zero-order chi connectivity index (χ0) is 16.4. The molecule has 0 spiro atoms. The molecule has 0 aliphatic carbocycles. The molecule has 4 nitrogen and oxygen atoms in total. The van der Waals surface area contributed by atoms with Crippen molar-refractivity contribution in [3.8, 4) is 11.8 Å². The van der Waals surface area contributed by atoms with Crippen LogP contribution in [0.2, 0.25) is 0 Å². The summed E-state index contributed by atoms with van der Waals surface area (Å²) in [6.07, 6.45) is 0.128. The predicted octanol–water partition coefficient (Wildman–Crippen LogP) is 3.56. The Morgan fingerprint density at radius 3 is 2.83 bits per heavy atom. The fraction of sp³-hybridized carbons (Fsp3) is 0.316. The average Bonchev–Trinajstić information content (AvgIpc) is 2.54. The molecule has 3 rings (SSSR count). The third kappa shape index (κ3) is 3.09. The Hall–Kier alpha value is -2.67. The van der Waals surface area contributed by atoms with Gasteiger partial charge >= 0.3 is 0 Å². The molecule has 1 unspecified atom stereocenters. The number of anilines is 2. The molecule has 0 fully saturated rings. The van der Waals surface area contributed by atoms with E-state index in [1.807, 2.05) is 42.5 Å². The van der Waals surface area contributed by atoms with Gasteiger partial charge in [0.25, 0.3) is 0 Å². The van der Waals surface area contributed by atoms with E-state index in [9.17, 15) is 0 Å². The number of nitriles is 1. The van der Waals surface area contributed by atoms with Gasteiger partial charge in [0.05, 0.1) is 23.9 Å². The highest BCUT2D eigenvalue weighted by atomic mass is 16.5. The Morgan fingerprint density at radius 1 is 1.30 bits per heavy atom. The molecule has 118 valence electrons. The van der Waals surface area contributed by atoms with Gasteiger partial charge in [-0.05, 0) is 35.7 Å². The van der Waals surface area contributed by atoms with Gasteiger partial charge in [0.2, 0.25) is 0 Å². The maximum atomic E-state index is 9.08. The number of ether oxygens (including phenoxy) is 1. The maximum Gasteiger partial charge on any atom is 0.145 e. The van der Waals surface area contributed by atoms with E-state index in [1.165, 1.54) is 0 Å². The zero-order valence-corrected chi connectivity index (χ0v) is 13.5. The van der Waals surface area contributed by atoms with Crippen molar-refractivity contribution >= 4 is 11.4 Å². The van der Waals surface area contributed by atoms with Crippen molar-refractivity contribution in [1.82, 2.24) is 0 Å². The molecule has 1 aliphatic rings. The van der Waals surface area contributed by atoms with Gasteiger partial charge in [0, 0.05) is 6.54 Å². The Bertz CT molecular complexity index is 749. The van der Waals surface area contributed by atoms with Gasteiger partial charge in [0.1, 0.15) is 17.5 Å². The standard InChI is InChI=1S/C19H21N3O/c1-13(2)18-12-22(11-15-6-3-5-14(9-15)10-20)19-16(21)7-4-8-17(19)23-18/h3-9,13,18H,11-12,21H2,1-2H3. The molecule has 2 N–H and O–H groups in total. The summed E-state index contributed by atoms with van der Waals surface area (Å²) in [4.78, 5) is 2.26. The molecule has 23 heavy (non-hydrogen) atoms. The van der Waals surface area contributed by atoms with Gasteiger partial charge in [-0.15, -0.1) is 0 Å². The van der Waals surface area contributed by atoms with Gasteiger partial charge in [-0.1, -0.05) is 32.0 Å². The van der Waals surface area contributed by atoms with E-state index in [4.69, 9.17) is 15.7 Å². The SMILES string of the molecule is CC(C)C1CN(Cc2cccc(C#N)c2)c2c(N)cccc2O1. The monoisotopic (exact) mass is 307 g/mol. The smallest absolute Gasteiger partial charge is 0.145 e. The largest absolute Gasteiger partial charge is 0.486 e. The van der Waals surface area contributed by atoms with Crippen LogP contribution in [0.3, 0.4) is 0 Å². The van der Waals surface area contributed by atoms with E-state index >= 15 is 0 Å². The number of fused-ring (bicyclic) bond motifs is 1. The predicted molar refractivity (Wildman–Crippen MR) is 92.3 cm³/mol. The Labute approximate surface area is 137 Å². The normalized spacial score (nSPS) is 16.6. The molecule has 1 atom stereocenters. The van der Waals surface area contributed by atoms with Crippen LogP contribution >= 0.6 is 0 Å². The number of para-hydroxylation sites is 1. The number of hydrogen-bond acceptors (Lipinski definition) is 4. The summed E-state index contributed by atoms with van der Waals surface area (Å²) in [6.45, 7) is 5.83. The summed E-state index contributed by atoms with van der Waals surface area (Å²) in [5.41, 5.74) is 9.64. The summed E-state index contributed by atoms with van der Waals surface area (Å²) in [7, 11) is 0. The van der Waals surface area contributed by atoms with E-state index in [2.05, 4.69) is 24.8 Å². The first kappa shape index (κ1) is 15.2. The van der Waals surface area contributed by atoms with E-state index < -0.39 is 0 Å². The van der Waals surface area contributed by atoms with Gasteiger partial charge in [-0.3, -0.25) is 0 Å². The number of nitrogens with zero attached hydrogens (tertiary/aromatic N) is 2. The Balaban J connectivity index is 1.95. The number of nitrogens with two attached hydrogens (primary N) is 1. The second-order valence-corrected chi connectivity index (χ2v) is 6.29. The molecular weight excluding hydrogens is 286 g/mol. The summed E-state index contributed by atoms with van der Waals surface area (Å²) >= 11 is 0. The third-order valence-electron chi connectivity index (χ3n) is 4.20. The van der Waals surface area contributed by atoms with Crippen LogP contribution in [0.5, 0.6) is 5.75 Å². The van der Waals surface area contributed by atoms with Crippen molar-refractivity contribution in [2.75, 3.05) is 17.2 Å². The summed E-state index contributed by atoms with van der Waals surface area (Å²) in [5.74, 6) is 1.25. The van der Waals surface area contributed by atoms with Gasteiger partial charge in [0.15, 0.2) is 0 Å². The Morgan fingerprint density at radius 2 is 2.09 bits per heavy atom. The molecule has 0 saturated heterocycles. The van der Waals surface area contributed by atoms with Crippen molar-refractivity contribution < 1.29 is 4.74 Å². The molecule has 0 radical (unpaired) electrons. The molecule has 2 aromatic rings. The summed E-state index contributed by atoms with van der Waals surface area (Å²) < 4.78 is 6.11. The van der Waals surface area contributed by atoms with Crippen LogP contribution < -0.4 is 15.4 Å². The molecule has 0 amide bonds. The molecule has 1 aliphatic heterocycles. The number of benzene rings is 2. The highest BCUT2D eigenvalue weighted by Gasteiger charge is 2.29. The maximum absolute atomic E-state index is 9.08.